The fourth-order valence-corrected chi connectivity index (χ4v) is 0.806. The number of rotatable bonds is 3. The zero-order valence-electron chi connectivity index (χ0n) is 4.96. The summed E-state index contributed by atoms with van der Waals surface area (Å²) >= 11 is -0.00435. The molecule has 5 heteroatoms. The highest BCUT2D eigenvalue weighted by Gasteiger charge is 2.26. The molecular weight excluding hydrogens is 151 g/mol. The van der Waals surface area contributed by atoms with Gasteiger partial charge in [-0.25, -0.2) is 0 Å². The minimum absolute atomic E-state index is 0.00435. The lowest BCUT2D eigenvalue weighted by Crippen LogP contribution is -2.13. The lowest BCUT2D eigenvalue weighted by molar-refractivity contribution is -0.0327. The average Bonchev–Trinajstić information content (AvgIpc) is 1.63. The first-order valence-electron chi connectivity index (χ1n) is 2.41. The summed E-state index contributed by atoms with van der Waals surface area (Å²) in [7, 11) is 1.62. The monoisotopic (exact) mass is 159 g/mol. The minimum atomic E-state index is -4.07. The second-order valence-corrected chi connectivity index (χ2v) is 2.56. The quantitative estimate of drug-likeness (QED) is 0.625. The van der Waals surface area contributed by atoms with Crippen LogP contribution in [-0.2, 0) is 0 Å². The summed E-state index contributed by atoms with van der Waals surface area (Å²) in [5.41, 5.74) is -4.07. The summed E-state index contributed by atoms with van der Waals surface area (Å²) in [6, 6.07) is 0. The molecule has 0 amide bonds. The lowest BCUT2D eigenvalue weighted by Gasteiger charge is -2.03. The van der Waals surface area contributed by atoms with Crippen molar-refractivity contribution in [2.45, 2.75) is 5.51 Å². The lowest BCUT2D eigenvalue weighted by atomic mass is 10.8. The van der Waals surface area contributed by atoms with Gasteiger partial charge in [0.25, 0.3) is 0 Å². The molecule has 0 bridgehead atoms. The Balaban J connectivity index is 3.07. The predicted octanol–water partition coefficient (Wildman–Crippen LogP) is 1.46. The maximum atomic E-state index is 11.3. The van der Waals surface area contributed by atoms with Crippen molar-refractivity contribution < 1.29 is 13.2 Å². The molecule has 0 radical (unpaired) electrons. The van der Waals surface area contributed by atoms with Gasteiger partial charge in [-0.15, -0.1) is 0 Å². The molecule has 0 aliphatic rings. The van der Waals surface area contributed by atoms with Crippen LogP contribution in [0.15, 0.2) is 0 Å². The molecule has 56 valence electrons. The molecule has 1 N–H and O–H groups in total. The first-order valence-corrected chi connectivity index (χ1v) is 3.40. The Morgan fingerprint density at radius 3 is 2.33 bits per heavy atom. The van der Waals surface area contributed by atoms with Gasteiger partial charge >= 0.3 is 5.51 Å². The topological polar surface area (TPSA) is 12.0 Å². The Bertz CT molecular complexity index is 72.7. The third kappa shape index (κ3) is 8.10. The first kappa shape index (κ1) is 9.10. The van der Waals surface area contributed by atoms with E-state index < -0.39 is 5.51 Å². The molecular formula is C4H8F3NS. The number of hydrogen-bond acceptors (Lipinski definition) is 2. The largest absolute Gasteiger partial charge is 0.441 e. The van der Waals surface area contributed by atoms with Crippen molar-refractivity contribution in [2.75, 3.05) is 19.3 Å². The third-order valence-corrected chi connectivity index (χ3v) is 1.35. The van der Waals surface area contributed by atoms with E-state index in [1.54, 1.807) is 7.05 Å². The van der Waals surface area contributed by atoms with Gasteiger partial charge in [0.2, 0.25) is 0 Å². The van der Waals surface area contributed by atoms with Gasteiger partial charge in [-0.3, -0.25) is 0 Å². The fraction of sp³-hybridized carbons (Fsp3) is 1.00. The molecule has 0 aromatic carbocycles. The fourth-order valence-electron chi connectivity index (χ4n) is 0.269. The van der Waals surface area contributed by atoms with Gasteiger partial charge in [0.15, 0.2) is 0 Å². The van der Waals surface area contributed by atoms with Gasteiger partial charge in [-0.2, -0.15) is 13.2 Å². The summed E-state index contributed by atoms with van der Waals surface area (Å²) in [5.74, 6) is 0.0833. The highest BCUT2D eigenvalue weighted by molar-refractivity contribution is 8.00. The van der Waals surface area contributed by atoms with E-state index in [9.17, 15) is 13.2 Å². The van der Waals surface area contributed by atoms with E-state index in [1.165, 1.54) is 0 Å². The van der Waals surface area contributed by atoms with Gasteiger partial charge in [-0.05, 0) is 18.8 Å². The van der Waals surface area contributed by atoms with Crippen molar-refractivity contribution in [1.29, 1.82) is 0 Å². The number of hydrogen-bond donors (Lipinski definition) is 1. The second-order valence-electron chi connectivity index (χ2n) is 1.40. The van der Waals surface area contributed by atoms with Crippen molar-refractivity contribution in [2.24, 2.45) is 0 Å². The van der Waals surface area contributed by atoms with E-state index in [2.05, 4.69) is 5.32 Å². The van der Waals surface area contributed by atoms with Crippen LogP contribution >= 0.6 is 11.8 Å². The summed E-state index contributed by atoms with van der Waals surface area (Å²) in [5, 5.41) is 2.62. The van der Waals surface area contributed by atoms with Crippen LogP contribution in [0.3, 0.4) is 0 Å². The van der Waals surface area contributed by atoms with E-state index >= 15 is 0 Å². The molecule has 0 aromatic rings. The van der Waals surface area contributed by atoms with Gasteiger partial charge in [0.05, 0.1) is 0 Å². The van der Waals surface area contributed by atoms with Gasteiger partial charge in [-0.1, -0.05) is 0 Å². The van der Waals surface area contributed by atoms with Gasteiger partial charge in [0.1, 0.15) is 0 Å². The minimum Gasteiger partial charge on any atom is -0.319 e. The predicted molar refractivity (Wildman–Crippen MR) is 32.4 cm³/mol. The van der Waals surface area contributed by atoms with Crippen LogP contribution in [0.1, 0.15) is 0 Å². The van der Waals surface area contributed by atoms with E-state index in [1.807, 2.05) is 0 Å². The van der Waals surface area contributed by atoms with Crippen molar-refractivity contribution in [3.8, 4) is 0 Å². The van der Waals surface area contributed by atoms with Crippen molar-refractivity contribution in [3.63, 3.8) is 0 Å². The van der Waals surface area contributed by atoms with Gasteiger partial charge < -0.3 is 5.32 Å². The molecule has 9 heavy (non-hydrogen) atoms. The van der Waals surface area contributed by atoms with E-state index in [0.29, 0.717) is 6.54 Å². The first-order chi connectivity index (χ1) is 4.06. The molecule has 0 aromatic heterocycles. The van der Waals surface area contributed by atoms with Crippen LogP contribution in [-0.4, -0.2) is 24.9 Å². The highest BCUT2D eigenvalue weighted by Crippen LogP contribution is 2.29. The molecule has 0 saturated heterocycles. The maximum Gasteiger partial charge on any atom is 0.441 e. The number of nitrogens with one attached hydrogen (secondary N) is 1. The Morgan fingerprint density at radius 1 is 1.44 bits per heavy atom. The van der Waals surface area contributed by atoms with Crippen molar-refractivity contribution in [1.82, 2.24) is 5.32 Å². The summed E-state index contributed by atoms with van der Waals surface area (Å²) in [6.45, 7) is 0.393. The number of thioether (sulfide) groups is 1. The van der Waals surface area contributed by atoms with Crippen LogP contribution in [0.2, 0.25) is 0 Å². The van der Waals surface area contributed by atoms with Crippen LogP contribution in [0, 0.1) is 0 Å². The van der Waals surface area contributed by atoms with Crippen LogP contribution in [0.4, 0.5) is 13.2 Å². The molecule has 0 rings (SSSR count). The second kappa shape index (κ2) is 4.00. The summed E-state index contributed by atoms with van der Waals surface area (Å²) < 4.78 is 33.9. The Labute approximate surface area is 56.0 Å². The number of alkyl halides is 3. The molecule has 0 aliphatic carbocycles. The molecule has 0 atom stereocenters. The molecule has 0 fully saturated rings. The maximum absolute atomic E-state index is 11.3. The van der Waals surface area contributed by atoms with E-state index in [4.69, 9.17) is 0 Å². The highest BCUT2D eigenvalue weighted by atomic mass is 32.2. The molecule has 0 unspecified atom stereocenters. The molecule has 0 saturated carbocycles. The van der Waals surface area contributed by atoms with Gasteiger partial charge in [0, 0.05) is 12.3 Å². The Hall–Kier alpha value is 0.100. The van der Waals surface area contributed by atoms with Crippen molar-refractivity contribution in [3.05, 3.63) is 0 Å². The van der Waals surface area contributed by atoms with E-state index in [-0.39, 0.29) is 17.5 Å². The standard InChI is InChI=1S/C4H8F3NS/c1-8-2-3-9-4(5,6)7/h8H,2-3H2,1H3. The third-order valence-electron chi connectivity index (χ3n) is 0.618. The number of halogens is 3. The SMILES string of the molecule is CNCCSC(F)(F)F. The van der Waals surface area contributed by atoms with Crippen LogP contribution in [0.25, 0.3) is 0 Å². The van der Waals surface area contributed by atoms with Crippen LogP contribution < -0.4 is 5.32 Å². The normalized spacial score (nSPS) is 12.0. The van der Waals surface area contributed by atoms with Crippen molar-refractivity contribution >= 4 is 11.8 Å². The molecule has 0 spiro atoms. The Kier molecular flexibility index (Phi) is 4.05. The summed E-state index contributed by atoms with van der Waals surface area (Å²) in [6.07, 6.45) is 0. The summed E-state index contributed by atoms with van der Waals surface area (Å²) in [4.78, 5) is 0. The Morgan fingerprint density at radius 2 is 2.00 bits per heavy atom. The van der Waals surface area contributed by atoms with E-state index in [0.717, 1.165) is 0 Å². The smallest absolute Gasteiger partial charge is 0.319 e. The zero-order valence-corrected chi connectivity index (χ0v) is 5.77. The molecule has 0 heterocycles. The van der Waals surface area contributed by atoms with Crippen LogP contribution in [0.5, 0.6) is 0 Å². The molecule has 0 aliphatic heterocycles. The molecule has 1 nitrogen and oxygen atoms in total. The average molecular weight is 159 g/mol. The zero-order chi connectivity index (χ0) is 7.33.